The number of nitrogens with zero attached hydrogens (tertiary/aromatic N) is 8. The first-order chi connectivity index (χ1) is 22.0. The molecule has 2 bridgehead atoms. The highest BCUT2D eigenvalue weighted by atomic mass is 32.7. The highest BCUT2D eigenvalue weighted by molar-refractivity contribution is 8.45. The van der Waals surface area contributed by atoms with E-state index in [9.17, 15) is 24.2 Å². The Labute approximate surface area is 265 Å². The molecule has 4 aliphatic rings. The zero-order chi connectivity index (χ0) is 32.4. The summed E-state index contributed by atoms with van der Waals surface area (Å²) in [7, 11) is -4.70. The number of fused-ring (bicyclic) bond motifs is 5. The van der Waals surface area contributed by atoms with Crippen LogP contribution in [-0.2, 0) is 40.7 Å². The average molecular weight is 701 g/mol. The minimum atomic E-state index is -4.70. The van der Waals surface area contributed by atoms with Gasteiger partial charge in [-0.25, -0.2) is 39.7 Å². The van der Waals surface area contributed by atoms with Crippen molar-refractivity contribution in [3.05, 3.63) is 30.2 Å². The summed E-state index contributed by atoms with van der Waals surface area (Å²) in [5.74, 6) is 0.436. The SMILES string of the molecule is NCc1c2ncnc1N([C@@H]1O[C@@H]3COP(=O)(O)N[C@H]4[C@@H](O)[C@H](n5cnc6c(N)ncnc65)O[C@@H]4COP(=O)(S)N[C@H]3[C@H]1O)C=NC2. The number of aliphatic hydroxyl groups excluding tert-OH is 2. The summed E-state index contributed by atoms with van der Waals surface area (Å²) in [4.78, 5) is 37.3. The van der Waals surface area contributed by atoms with Crippen LogP contribution in [0.25, 0.3) is 11.2 Å². The number of ether oxygens (including phenoxy) is 2. The van der Waals surface area contributed by atoms with Gasteiger partial charge >= 0.3 is 14.5 Å². The number of nitrogens with one attached hydrogen (secondary N) is 2. The lowest BCUT2D eigenvalue weighted by molar-refractivity contribution is -0.0457. The molecular weight excluding hydrogens is 670 g/mol. The number of aromatic nitrogens is 6. The molecule has 0 aromatic carbocycles. The van der Waals surface area contributed by atoms with Crippen LogP contribution in [0.1, 0.15) is 17.5 Å². The molecule has 9 N–H and O–H groups in total. The second kappa shape index (κ2) is 12.1. The van der Waals surface area contributed by atoms with Gasteiger partial charge in [-0.3, -0.25) is 23.5 Å². The molecule has 0 radical (unpaired) electrons. The Bertz CT molecular complexity index is 1770. The Hall–Kier alpha value is -2.69. The van der Waals surface area contributed by atoms with Crippen molar-refractivity contribution in [1.82, 2.24) is 39.7 Å². The molecule has 3 saturated heterocycles. The van der Waals surface area contributed by atoms with Crippen molar-refractivity contribution in [2.24, 2.45) is 10.7 Å². The highest BCUT2D eigenvalue weighted by Gasteiger charge is 2.53. The molecule has 3 fully saturated rings. The van der Waals surface area contributed by atoms with Crippen LogP contribution in [-0.4, -0.2) is 107 Å². The van der Waals surface area contributed by atoms with Crippen molar-refractivity contribution in [2.75, 3.05) is 23.8 Å². The predicted octanol–water partition coefficient (Wildman–Crippen LogP) is -1.85. The number of nitrogens with two attached hydrogens (primary N) is 2. The van der Waals surface area contributed by atoms with Crippen LogP contribution in [0.15, 0.2) is 24.0 Å². The van der Waals surface area contributed by atoms with Gasteiger partial charge in [0.1, 0.15) is 48.4 Å². The number of hydrogen-bond acceptors (Lipinski definition) is 17. The first-order valence-corrected chi connectivity index (χ1v) is 18.2. The normalized spacial score (nSPS) is 38.2. The molecule has 0 amide bonds. The molecule has 2 unspecified atom stereocenters. The maximum atomic E-state index is 13.6. The maximum absolute atomic E-state index is 13.6. The van der Waals surface area contributed by atoms with Crippen LogP contribution >= 0.6 is 26.7 Å². The number of aliphatic imine (C=N–C) groups is 1. The standard InChI is InChI=1S/C22H30N12O9P2S/c23-1-9-10-2-25-7-33(19(9)28-5-26-10)21-17(36)14-11(42-21)3-40-44(37,38)31-13-12(4-41-45(39,46)32-14)43-22(16(13)35)34-8-30-15-18(24)27-6-29-20(15)34/h5-8,11-14,16-17,21-22,35-36H,1-4,23H2,(H2,24,27,29)(H2,31,37,38)(H2,32,39,46)/t11-,12-,13-,14-,16-,17-,21-,22-,45?/m1/s1. The third kappa shape index (κ3) is 5.72. The Morgan fingerprint density at radius 2 is 1.67 bits per heavy atom. The summed E-state index contributed by atoms with van der Waals surface area (Å²) < 4.78 is 51.5. The lowest BCUT2D eigenvalue weighted by atomic mass is 10.1. The largest absolute Gasteiger partial charge is 0.403 e. The van der Waals surface area contributed by atoms with Gasteiger partial charge in [-0.1, -0.05) is 12.2 Å². The van der Waals surface area contributed by atoms with Gasteiger partial charge in [0.15, 0.2) is 23.9 Å². The minimum Gasteiger partial charge on any atom is -0.387 e. The number of nitrogen functional groups attached to an aromatic ring is 1. The van der Waals surface area contributed by atoms with Crippen molar-refractivity contribution in [3.8, 4) is 0 Å². The fourth-order valence-electron chi connectivity index (χ4n) is 5.87. The van der Waals surface area contributed by atoms with E-state index < -0.39 is 76.6 Å². The third-order valence-corrected chi connectivity index (χ3v) is 11.0. The molecule has 0 spiro atoms. The number of anilines is 2. The predicted molar refractivity (Wildman–Crippen MR) is 161 cm³/mol. The molecule has 10 atom stereocenters. The molecular formula is C22H30N12O9P2S. The zero-order valence-corrected chi connectivity index (χ0v) is 26.3. The van der Waals surface area contributed by atoms with E-state index in [1.54, 1.807) is 0 Å². The van der Waals surface area contributed by atoms with Gasteiger partial charge in [-0.2, -0.15) is 0 Å². The van der Waals surface area contributed by atoms with Gasteiger partial charge in [0.25, 0.3) is 0 Å². The van der Waals surface area contributed by atoms with Gasteiger partial charge in [-0.05, 0) is 0 Å². The van der Waals surface area contributed by atoms with E-state index in [1.165, 1.54) is 34.8 Å². The summed E-state index contributed by atoms with van der Waals surface area (Å²) in [5, 5.41) is 27.9. The van der Waals surface area contributed by atoms with Gasteiger partial charge in [0, 0.05) is 12.1 Å². The van der Waals surface area contributed by atoms with E-state index in [4.69, 9.17) is 30.0 Å². The monoisotopic (exact) mass is 700 g/mol. The summed E-state index contributed by atoms with van der Waals surface area (Å²) in [5.41, 5.74) is 13.5. The topological polar surface area (TPSA) is 293 Å². The number of hydrogen-bond donors (Lipinski definition) is 8. The molecule has 7 heterocycles. The fraction of sp³-hybridized carbons (Fsp3) is 0.545. The van der Waals surface area contributed by atoms with Crippen molar-refractivity contribution in [3.63, 3.8) is 0 Å². The van der Waals surface area contributed by atoms with E-state index in [0.29, 0.717) is 17.1 Å². The summed E-state index contributed by atoms with van der Waals surface area (Å²) in [6.07, 6.45) is -2.35. The molecule has 7 rings (SSSR count). The van der Waals surface area contributed by atoms with Crippen molar-refractivity contribution >= 4 is 55.9 Å². The van der Waals surface area contributed by atoms with Gasteiger partial charge < -0.3 is 40.6 Å². The lowest BCUT2D eigenvalue weighted by Crippen LogP contribution is -2.49. The van der Waals surface area contributed by atoms with Gasteiger partial charge in [0.05, 0.1) is 50.2 Å². The Morgan fingerprint density at radius 1 is 0.978 bits per heavy atom. The molecule has 3 aromatic rings. The molecule has 24 heteroatoms. The van der Waals surface area contributed by atoms with Crippen LogP contribution in [0.2, 0.25) is 0 Å². The third-order valence-electron chi connectivity index (χ3n) is 8.04. The minimum absolute atomic E-state index is 0.0808. The van der Waals surface area contributed by atoms with Crippen molar-refractivity contribution in [2.45, 2.75) is 62.0 Å². The van der Waals surface area contributed by atoms with Crippen molar-refractivity contribution < 1.29 is 42.8 Å². The quantitative estimate of drug-likeness (QED) is 0.110. The van der Waals surface area contributed by atoms with E-state index in [1.807, 2.05) is 0 Å². The molecule has 3 aromatic heterocycles. The number of imidazole rings is 1. The summed E-state index contributed by atoms with van der Waals surface area (Å²) in [6.45, 7) is -4.82. The molecule has 46 heavy (non-hydrogen) atoms. The Kier molecular flexibility index (Phi) is 8.37. The van der Waals surface area contributed by atoms with Gasteiger partial charge in [-0.15, -0.1) is 0 Å². The number of thiol groups is 1. The van der Waals surface area contributed by atoms with Crippen LogP contribution < -0.4 is 26.5 Å². The van der Waals surface area contributed by atoms with Crippen LogP contribution in [0, 0.1) is 0 Å². The Morgan fingerprint density at radius 3 is 2.46 bits per heavy atom. The molecule has 0 saturated carbocycles. The second-order valence-corrected chi connectivity index (χ2v) is 15.5. The van der Waals surface area contributed by atoms with E-state index in [0.717, 1.165) is 0 Å². The van der Waals surface area contributed by atoms with E-state index in [2.05, 4.69) is 52.3 Å². The maximum Gasteiger partial charge on any atom is 0.403 e. The second-order valence-electron chi connectivity index (χ2n) is 10.8. The highest BCUT2D eigenvalue weighted by Crippen LogP contribution is 2.51. The smallest absolute Gasteiger partial charge is 0.387 e. The average Bonchev–Trinajstić information content (AvgIpc) is 3.65. The molecule has 21 nitrogen and oxygen atoms in total. The van der Waals surface area contributed by atoms with Crippen LogP contribution in [0.4, 0.5) is 11.6 Å². The lowest BCUT2D eigenvalue weighted by Gasteiger charge is -2.30. The summed E-state index contributed by atoms with van der Waals surface area (Å²) in [6, 6.07) is -2.47. The molecule has 0 aliphatic carbocycles. The Balaban J connectivity index is 1.16. The molecule has 248 valence electrons. The fourth-order valence-corrected chi connectivity index (χ4v) is 8.71. The van der Waals surface area contributed by atoms with Gasteiger partial charge in [0.2, 0.25) is 0 Å². The van der Waals surface area contributed by atoms with E-state index >= 15 is 0 Å². The van der Waals surface area contributed by atoms with Crippen molar-refractivity contribution in [1.29, 1.82) is 0 Å². The molecule has 4 aliphatic heterocycles. The first-order valence-electron chi connectivity index (χ1n) is 13.9. The first kappa shape index (κ1) is 31.9. The number of rotatable bonds is 3. The van der Waals surface area contributed by atoms with E-state index in [-0.39, 0.29) is 30.1 Å². The zero-order valence-electron chi connectivity index (χ0n) is 23.6. The summed E-state index contributed by atoms with van der Waals surface area (Å²) >= 11 is 4.21. The van der Waals surface area contributed by atoms with Crippen LogP contribution in [0.5, 0.6) is 0 Å². The number of aliphatic hydroxyl groups is 2. The van der Waals surface area contributed by atoms with Crippen LogP contribution in [0.3, 0.4) is 0 Å².